The lowest BCUT2D eigenvalue weighted by Gasteiger charge is -2.28. The maximum atomic E-state index is 11.0. The van der Waals surface area contributed by atoms with E-state index < -0.39 is 0 Å². The summed E-state index contributed by atoms with van der Waals surface area (Å²) in [5.41, 5.74) is 3.03. The van der Waals surface area contributed by atoms with E-state index in [2.05, 4.69) is 27.4 Å². The van der Waals surface area contributed by atoms with Gasteiger partial charge in [-0.1, -0.05) is 24.8 Å². The minimum absolute atomic E-state index is 0.0301. The van der Waals surface area contributed by atoms with Gasteiger partial charge < -0.3 is 9.47 Å². The van der Waals surface area contributed by atoms with E-state index in [4.69, 9.17) is 4.99 Å². The van der Waals surface area contributed by atoms with Crippen molar-refractivity contribution < 1.29 is 4.92 Å². The molecule has 0 spiro atoms. The Balaban J connectivity index is 1.57. The number of nitro groups is 1. The Morgan fingerprint density at radius 2 is 1.97 bits per heavy atom. The number of rotatable bonds is 4. The fourth-order valence-electron chi connectivity index (χ4n) is 4.04. The maximum Gasteiger partial charge on any atom is 0.269 e. The van der Waals surface area contributed by atoms with E-state index in [1.165, 1.54) is 0 Å². The van der Waals surface area contributed by atoms with Gasteiger partial charge in [-0.05, 0) is 36.4 Å². The number of thioether (sulfide) groups is 1. The second kappa shape index (κ2) is 7.04. The van der Waals surface area contributed by atoms with Crippen molar-refractivity contribution in [1.29, 1.82) is 0 Å². The van der Waals surface area contributed by atoms with E-state index in [-0.39, 0.29) is 22.7 Å². The molecule has 0 saturated carbocycles. The molecule has 1 aromatic carbocycles. The first-order valence-electron chi connectivity index (χ1n) is 9.46. The molecule has 3 aromatic rings. The van der Waals surface area contributed by atoms with Crippen LogP contribution < -0.4 is 0 Å². The van der Waals surface area contributed by atoms with Gasteiger partial charge in [0.05, 0.1) is 16.7 Å². The summed E-state index contributed by atoms with van der Waals surface area (Å²) >= 11 is 1.81. The van der Waals surface area contributed by atoms with Gasteiger partial charge in [0, 0.05) is 47.7 Å². The lowest BCUT2D eigenvalue weighted by atomic mass is 10.0. The molecule has 0 bridgehead atoms. The van der Waals surface area contributed by atoms with E-state index in [9.17, 15) is 10.1 Å². The number of aliphatic imine (C=N–C) groups is 1. The molecule has 29 heavy (non-hydrogen) atoms. The molecule has 3 atom stereocenters. The van der Waals surface area contributed by atoms with Crippen LogP contribution in [0.15, 0.2) is 72.0 Å². The Kier molecular flexibility index (Phi) is 4.35. The number of pyridine rings is 1. The number of benzene rings is 1. The molecule has 2 aliphatic heterocycles. The monoisotopic (exact) mass is 405 g/mol. The van der Waals surface area contributed by atoms with Crippen molar-refractivity contribution in [2.24, 2.45) is 4.99 Å². The number of aromatic nitrogens is 2. The Bertz CT molecular complexity index is 1080. The van der Waals surface area contributed by atoms with Crippen molar-refractivity contribution in [2.45, 2.75) is 24.3 Å². The molecule has 5 rings (SSSR count). The zero-order valence-electron chi connectivity index (χ0n) is 15.8. The summed E-state index contributed by atoms with van der Waals surface area (Å²) in [7, 11) is 0. The van der Waals surface area contributed by atoms with Crippen LogP contribution in [0.1, 0.15) is 30.4 Å². The fraction of sp³-hybridized carbons (Fsp3) is 0.238. The first-order valence-corrected chi connectivity index (χ1v) is 10.3. The van der Waals surface area contributed by atoms with Gasteiger partial charge >= 0.3 is 0 Å². The van der Waals surface area contributed by atoms with Crippen molar-refractivity contribution in [3.63, 3.8) is 0 Å². The summed E-state index contributed by atoms with van der Waals surface area (Å²) in [6.45, 7) is 3.15. The standard InChI is InChI=1S/C21H19N5O2S/c1-14-13-25-20(19(23-21(25)29-14)17-5-2-3-11-22-17)18-6-4-12-24(18)15-7-9-16(10-8-15)26(27)28/h2-12,14,19-20H,13H2,1H3/t14-,19-,20+/m1/s1. The Labute approximate surface area is 172 Å². The Morgan fingerprint density at radius 3 is 2.69 bits per heavy atom. The van der Waals surface area contributed by atoms with E-state index in [0.717, 1.165) is 28.8 Å². The minimum atomic E-state index is -0.378. The predicted octanol–water partition coefficient (Wildman–Crippen LogP) is 4.37. The Morgan fingerprint density at radius 1 is 1.14 bits per heavy atom. The third kappa shape index (κ3) is 3.09. The van der Waals surface area contributed by atoms with E-state index in [0.29, 0.717) is 5.25 Å². The molecule has 0 radical (unpaired) electrons. The van der Waals surface area contributed by atoms with Gasteiger partial charge in [-0.2, -0.15) is 0 Å². The van der Waals surface area contributed by atoms with E-state index in [1.807, 2.05) is 30.5 Å². The topological polar surface area (TPSA) is 76.6 Å². The molecule has 0 amide bonds. The highest BCUT2D eigenvalue weighted by molar-refractivity contribution is 8.14. The normalized spacial score (nSPS) is 23.1. The number of fused-ring (bicyclic) bond motifs is 1. The summed E-state index contributed by atoms with van der Waals surface area (Å²) in [5, 5.41) is 12.6. The number of nitro benzene ring substituents is 1. The number of hydrogen-bond donors (Lipinski definition) is 0. The lowest BCUT2D eigenvalue weighted by Crippen LogP contribution is -2.30. The minimum Gasteiger partial charge on any atom is -0.339 e. The molecular weight excluding hydrogens is 386 g/mol. The van der Waals surface area contributed by atoms with Gasteiger partial charge in [0.2, 0.25) is 0 Å². The van der Waals surface area contributed by atoms with Crippen LogP contribution in [0.5, 0.6) is 0 Å². The third-order valence-electron chi connectivity index (χ3n) is 5.30. The fourth-order valence-corrected chi connectivity index (χ4v) is 5.14. The van der Waals surface area contributed by atoms with E-state index in [1.54, 1.807) is 42.2 Å². The van der Waals surface area contributed by atoms with Crippen molar-refractivity contribution in [1.82, 2.24) is 14.5 Å². The molecule has 8 heteroatoms. The largest absolute Gasteiger partial charge is 0.339 e. The summed E-state index contributed by atoms with van der Waals surface area (Å²) in [4.78, 5) is 22.6. The summed E-state index contributed by atoms with van der Waals surface area (Å²) < 4.78 is 2.09. The van der Waals surface area contributed by atoms with Crippen LogP contribution in [-0.2, 0) is 0 Å². The van der Waals surface area contributed by atoms with Crippen LogP contribution in [0.25, 0.3) is 5.69 Å². The third-order valence-corrected chi connectivity index (χ3v) is 6.41. The van der Waals surface area contributed by atoms with Crippen LogP contribution in [0.2, 0.25) is 0 Å². The van der Waals surface area contributed by atoms with Gasteiger partial charge in [-0.15, -0.1) is 0 Å². The number of amidine groups is 1. The van der Waals surface area contributed by atoms with Gasteiger partial charge in [0.15, 0.2) is 5.17 Å². The quantitative estimate of drug-likeness (QED) is 0.476. The molecule has 2 aromatic heterocycles. The summed E-state index contributed by atoms with van der Waals surface area (Å²) in [6, 6.07) is 16.7. The molecule has 0 N–H and O–H groups in total. The van der Waals surface area contributed by atoms with Crippen LogP contribution in [0.4, 0.5) is 5.69 Å². The number of nitrogens with zero attached hydrogens (tertiary/aromatic N) is 5. The highest BCUT2D eigenvalue weighted by atomic mass is 32.2. The summed E-state index contributed by atoms with van der Waals surface area (Å²) in [5.74, 6) is 0. The lowest BCUT2D eigenvalue weighted by molar-refractivity contribution is -0.384. The molecule has 1 fully saturated rings. The second-order valence-corrected chi connectivity index (χ2v) is 8.62. The average molecular weight is 405 g/mol. The van der Waals surface area contributed by atoms with E-state index >= 15 is 0 Å². The Hall–Kier alpha value is -3.13. The second-order valence-electron chi connectivity index (χ2n) is 7.21. The van der Waals surface area contributed by atoms with Gasteiger partial charge in [-0.25, -0.2) is 0 Å². The maximum absolute atomic E-state index is 11.0. The zero-order chi connectivity index (χ0) is 20.0. The molecule has 7 nitrogen and oxygen atoms in total. The molecular formula is C21H19N5O2S. The highest BCUT2D eigenvalue weighted by Crippen LogP contribution is 2.47. The molecule has 0 aliphatic carbocycles. The first-order chi connectivity index (χ1) is 14.1. The molecule has 4 heterocycles. The van der Waals surface area contributed by atoms with Crippen LogP contribution >= 0.6 is 11.8 Å². The smallest absolute Gasteiger partial charge is 0.269 e. The average Bonchev–Trinajstić information content (AvgIpc) is 3.42. The zero-order valence-corrected chi connectivity index (χ0v) is 16.6. The molecule has 1 saturated heterocycles. The van der Waals surface area contributed by atoms with Crippen molar-refractivity contribution >= 4 is 22.6 Å². The van der Waals surface area contributed by atoms with Crippen LogP contribution in [0.3, 0.4) is 0 Å². The predicted molar refractivity (Wildman–Crippen MR) is 113 cm³/mol. The SMILES string of the molecule is C[C@@H]1CN2C(=N[C@H](c3ccccn3)[C@@H]2c2cccn2-c2ccc([N+](=O)[O-])cc2)S1. The van der Waals surface area contributed by atoms with Crippen LogP contribution in [-0.4, -0.2) is 36.3 Å². The van der Waals surface area contributed by atoms with Gasteiger partial charge in [0.25, 0.3) is 5.69 Å². The molecule has 146 valence electrons. The molecule has 2 aliphatic rings. The highest BCUT2D eigenvalue weighted by Gasteiger charge is 2.44. The van der Waals surface area contributed by atoms with Crippen molar-refractivity contribution in [2.75, 3.05) is 6.54 Å². The van der Waals surface area contributed by atoms with Gasteiger partial charge in [0.1, 0.15) is 6.04 Å². The number of non-ortho nitro benzene ring substituents is 1. The summed E-state index contributed by atoms with van der Waals surface area (Å²) in [6.07, 6.45) is 3.80. The van der Waals surface area contributed by atoms with Gasteiger partial charge in [-0.3, -0.25) is 20.1 Å². The van der Waals surface area contributed by atoms with Crippen molar-refractivity contribution in [3.8, 4) is 5.69 Å². The first kappa shape index (κ1) is 17.9. The van der Waals surface area contributed by atoms with Crippen molar-refractivity contribution in [3.05, 3.63) is 88.5 Å². The molecule has 0 unspecified atom stereocenters. The van der Waals surface area contributed by atoms with Crippen LogP contribution in [0, 0.1) is 10.1 Å². The number of hydrogen-bond acceptors (Lipinski definition) is 6.